The van der Waals surface area contributed by atoms with Gasteiger partial charge < -0.3 is 15.1 Å². The molecular formula is C22H35N7S. The Kier molecular flexibility index (Phi) is 8.45. The minimum Gasteiger partial charge on any atom is -0.352 e. The zero-order chi connectivity index (χ0) is 21.3. The van der Waals surface area contributed by atoms with Crippen molar-refractivity contribution in [2.24, 2.45) is 4.99 Å². The van der Waals surface area contributed by atoms with Crippen LogP contribution in [0.15, 0.2) is 29.3 Å². The lowest BCUT2D eigenvalue weighted by atomic mass is 10.1. The van der Waals surface area contributed by atoms with E-state index >= 15 is 0 Å². The lowest BCUT2D eigenvalue weighted by Gasteiger charge is -2.36. The topological polar surface area (TPSA) is 59.9 Å². The molecule has 30 heavy (non-hydrogen) atoms. The van der Waals surface area contributed by atoms with E-state index in [-0.39, 0.29) is 0 Å². The van der Waals surface area contributed by atoms with Crippen molar-refractivity contribution in [2.45, 2.75) is 40.3 Å². The molecule has 3 rings (SSSR count). The summed E-state index contributed by atoms with van der Waals surface area (Å²) in [5.41, 5.74) is 2.64. The van der Waals surface area contributed by atoms with E-state index in [1.54, 1.807) is 0 Å². The first-order valence-electron chi connectivity index (χ1n) is 11.0. The number of aromatic nitrogens is 2. The molecule has 0 atom stereocenters. The van der Waals surface area contributed by atoms with Gasteiger partial charge in [-0.3, -0.25) is 9.89 Å². The predicted octanol–water partition coefficient (Wildman–Crippen LogP) is 2.84. The van der Waals surface area contributed by atoms with E-state index < -0.39 is 0 Å². The smallest absolute Gasteiger partial charge is 0.205 e. The van der Waals surface area contributed by atoms with E-state index in [9.17, 15) is 0 Å². The van der Waals surface area contributed by atoms with Gasteiger partial charge in [-0.25, -0.2) is 4.98 Å². The Morgan fingerprint density at radius 1 is 1.07 bits per heavy atom. The van der Waals surface area contributed by atoms with Crippen LogP contribution in [0.2, 0.25) is 0 Å². The van der Waals surface area contributed by atoms with Crippen LogP contribution in [0, 0.1) is 0 Å². The van der Waals surface area contributed by atoms with Gasteiger partial charge in [-0.2, -0.15) is 4.37 Å². The lowest BCUT2D eigenvalue weighted by molar-refractivity contribution is 0.296. The fraction of sp³-hybridized carbons (Fsp3) is 0.591. The molecule has 1 aliphatic heterocycles. The average Bonchev–Trinajstić information content (AvgIpc) is 3.28. The van der Waals surface area contributed by atoms with Crippen LogP contribution in [0.25, 0.3) is 0 Å². The molecule has 1 aromatic heterocycles. The van der Waals surface area contributed by atoms with Crippen LogP contribution in [0.4, 0.5) is 5.13 Å². The summed E-state index contributed by atoms with van der Waals surface area (Å²) in [6, 6.07) is 8.92. The Bertz CT molecular complexity index is 790. The van der Waals surface area contributed by atoms with Gasteiger partial charge in [-0.1, -0.05) is 45.0 Å². The fourth-order valence-electron chi connectivity index (χ4n) is 3.61. The molecule has 0 bridgehead atoms. The second-order valence-electron chi connectivity index (χ2n) is 7.50. The second kappa shape index (κ2) is 11.3. The summed E-state index contributed by atoms with van der Waals surface area (Å²) in [4.78, 5) is 16.2. The lowest BCUT2D eigenvalue weighted by Crippen LogP contribution is -2.52. The number of nitrogens with one attached hydrogen (secondary N) is 1. The number of piperazine rings is 1. The van der Waals surface area contributed by atoms with Crippen molar-refractivity contribution in [3.8, 4) is 0 Å². The number of guanidine groups is 1. The van der Waals surface area contributed by atoms with Crippen LogP contribution in [-0.2, 0) is 19.5 Å². The molecule has 2 heterocycles. The maximum Gasteiger partial charge on any atom is 0.205 e. The van der Waals surface area contributed by atoms with Gasteiger partial charge in [0.15, 0.2) is 5.96 Å². The van der Waals surface area contributed by atoms with Crippen LogP contribution in [0.1, 0.15) is 37.7 Å². The first-order chi connectivity index (χ1) is 14.7. The summed E-state index contributed by atoms with van der Waals surface area (Å²) >= 11 is 1.51. The summed E-state index contributed by atoms with van der Waals surface area (Å²) in [6.45, 7) is 14.2. The molecule has 1 aromatic carbocycles. The normalized spacial score (nSPS) is 15.2. The summed E-state index contributed by atoms with van der Waals surface area (Å²) in [5, 5.41) is 4.57. The SMILES string of the molecule is CCc1nsc(N2CCN(C(=NC)NCc3ccc(CN(CC)CC)cc3)CC2)n1. The number of benzene rings is 1. The highest BCUT2D eigenvalue weighted by molar-refractivity contribution is 7.09. The largest absolute Gasteiger partial charge is 0.352 e. The monoisotopic (exact) mass is 429 g/mol. The second-order valence-corrected chi connectivity index (χ2v) is 8.23. The minimum absolute atomic E-state index is 0.786. The highest BCUT2D eigenvalue weighted by Crippen LogP contribution is 2.19. The van der Waals surface area contributed by atoms with Crippen molar-refractivity contribution < 1.29 is 0 Å². The number of anilines is 1. The molecule has 0 aliphatic carbocycles. The zero-order valence-corrected chi connectivity index (χ0v) is 19.6. The summed E-state index contributed by atoms with van der Waals surface area (Å²) in [7, 11) is 1.86. The Labute approximate surface area is 185 Å². The van der Waals surface area contributed by atoms with E-state index in [1.165, 1.54) is 22.7 Å². The third kappa shape index (κ3) is 5.92. The van der Waals surface area contributed by atoms with Gasteiger partial charge in [-0.05, 0) is 24.2 Å². The molecule has 1 aliphatic rings. The molecule has 2 aromatic rings. The van der Waals surface area contributed by atoms with Crippen molar-refractivity contribution >= 4 is 22.6 Å². The van der Waals surface area contributed by atoms with Crippen molar-refractivity contribution in [1.29, 1.82) is 0 Å². The number of aliphatic imine (C=N–C) groups is 1. The molecule has 0 amide bonds. The minimum atomic E-state index is 0.786. The van der Waals surface area contributed by atoms with Crippen molar-refractivity contribution in [3.63, 3.8) is 0 Å². The molecule has 8 heteroatoms. The van der Waals surface area contributed by atoms with E-state index in [0.717, 1.165) is 75.7 Å². The standard InChI is InChI=1S/C22H35N7S/c1-5-20-25-22(30-26-20)29-14-12-28(13-15-29)21(23-4)24-16-18-8-10-19(11-9-18)17-27(6-2)7-3/h8-11H,5-7,12-17H2,1-4H3,(H,23,24). The fourth-order valence-corrected chi connectivity index (χ4v) is 4.41. The van der Waals surface area contributed by atoms with Gasteiger partial charge in [0.1, 0.15) is 5.82 Å². The van der Waals surface area contributed by atoms with Gasteiger partial charge in [-0.15, -0.1) is 0 Å². The number of rotatable bonds is 8. The third-order valence-electron chi connectivity index (χ3n) is 5.61. The van der Waals surface area contributed by atoms with Gasteiger partial charge in [0, 0.05) is 64.3 Å². The van der Waals surface area contributed by atoms with Crippen molar-refractivity contribution in [1.82, 2.24) is 24.5 Å². The van der Waals surface area contributed by atoms with Crippen molar-refractivity contribution in [3.05, 3.63) is 41.2 Å². The number of hydrogen-bond acceptors (Lipinski definition) is 6. The summed E-state index contributed by atoms with van der Waals surface area (Å²) in [5.74, 6) is 1.91. The molecule has 0 unspecified atom stereocenters. The Morgan fingerprint density at radius 3 is 2.30 bits per heavy atom. The quantitative estimate of drug-likeness (QED) is 0.514. The molecule has 0 radical (unpaired) electrons. The molecule has 1 fully saturated rings. The van der Waals surface area contributed by atoms with Gasteiger partial charge in [0.25, 0.3) is 0 Å². The van der Waals surface area contributed by atoms with Crippen molar-refractivity contribution in [2.75, 3.05) is 51.2 Å². The number of nitrogens with zero attached hydrogens (tertiary/aromatic N) is 6. The summed E-state index contributed by atoms with van der Waals surface area (Å²) in [6.07, 6.45) is 0.892. The number of aryl methyl sites for hydroxylation is 1. The van der Waals surface area contributed by atoms with Crippen LogP contribution < -0.4 is 10.2 Å². The van der Waals surface area contributed by atoms with E-state index in [4.69, 9.17) is 0 Å². The Morgan fingerprint density at radius 2 is 1.73 bits per heavy atom. The summed E-state index contributed by atoms with van der Waals surface area (Å²) < 4.78 is 4.41. The van der Waals surface area contributed by atoms with Gasteiger partial charge in [0.05, 0.1) is 0 Å². The van der Waals surface area contributed by atoms with Gasteiger partial charge >= 0.3 is 0 Å². The Balaban J connectivity index is 1.48. The molecular weight excluding hydrogens is 394 g/mol. The average molecular weight is 430 g/mol. The molecule has 0 spiro atoms. The molecule has 7 nitrogen and oxygen atoms in total. The highest BCUT2D eigenvalue weighted by atomic mass is 32.1. The van der Waals surface area contributed by atoms with Crippen LogP contribution in [-0.4, -0.2) is 71.4 Å². The van der Waals surface area contributed by atoms with E-state index in [1.807, 2.05) is 7.05 Å². The maximum absolute atomic E-state index is 4.62. The predicted molar refractivity (Wildman–Crippen MR) is 126 cm³/mol. The zero-order valence-electron chi connectivity index (χ0n) is 18.8. The molecule has 1 saturated heterocycles. The van der Waals surface area contributed by atoms with E-state index in [2.05, 4.69) is 79.4 Å². The van der Waals surface area contributed by atoms with Crippen LogP contribution >= 0.6 is 11.5 Å². The van der Waals surface area contributed by atoms with Crippen LogP contribution in [0.5, 0.6) is 0 Å². The first kappa shape index (κ1) is 22.5. The molecule has 164 valence electrons. The third-order valence-corrected chi connectivity index (χ3v) is 6.42. The molecule has 0 saturated carbocycles. The number of hydrogen-bond donors (Lipinski definition) is 1. The highest BCUT2D eigenvalue weighted by Gasteiger charge is 2.22. The Hall–Kier alpha value is -2.19. The van der Waals surface area contributed by atoms with E-state index in [0.29, 0.717) is 0 Å². The maximum atomic E-state index is 4.62. The van der Waals surface area contributed by atoms with Crippen LogP contribution in [0.3, 0.4) is 0 Å². The van der Waals surface area contributed by atoms with Gasteiger partial charge in [0.2, 0.25) is 5.13 Å². The first-order valence-corrected chi connectivity index (χ1v) is 11.8. The molecule has 1 N–H and O–H groups in total.